The molecule has 3 aromatic carbocycles. The normalized spacial score (nSPS) is 11.9. The van der Waals surface area contributed by atoms with Gasteiger partial charge in [-0.05, 0) is 23.6 Å². The van der Waals surface area contributed by atoms with Crippen LogP contribution in [0.3, 0.4) is 0 Å². The van der Waals surface area contributed by atoms with Crippen LogP contribution in [-0.2, 0) is 6.54 Å². The average molecular weight is 315 g/mol. The van der Waals surface area contributed by atoms with E-state index in [0.29, 0.717) is 6.54 Å². The van der Waals surface area contributed by atoms with Gasteiger partial charge in [-0.1, -0.05) is 84.9 Å². The summed E-state index contributed by atoms with van der Waals surface area (Å²) in [5.41, 5.74) is 4.15. The molecule has 0 amide bonds. The zero-order chi connectivity index (χ0) is 16.8. The van der Waals surface area contributed by atoms with Crippen molar-refractivity contribution in [3.8, 4) is 0 Å². The Morgan fingerprint density at radius 2 is 1.42 bits per heavy atom. The summed E-state index contributed by atoms with van der Waals surface area (Å²) in [4.78, 5) is 13.0. The van der Waals surface area contributed by atoms with Crippen molar-refractivity contribution in [2.45, 2.75) is 19.5 Å². The maximum atomic E-state index is 13.0. The highest BCUT2D eigenvalue weighted by Gasteiger charge is 2.21. The van der Waals surface area contributed by atoms with Crippen molar-refractivity contribution >= 4 is 5.78 Å². The number of aryl methyl sites for hydroxylation is 1. The Hall–Kier alpha value is -2.71. The first-order valence-electron chi connectivity index (χ1n) is 8.18. The van der Waals surface area contributed by atoms with Gasteiger partial charge in [-0.3, -0.25) is 10.1 Å². The van der Waals surface area contributed by atoms with Gasteiger partial charge >= 0.3 is 0 Å². The van der Waals surface area contributed by atoms with Crippen LogP contribution < -0.4 is 5.32 Å². The summed E-state index contributed by atoms with van der Waals surface area (Å²) in [6.45, 7) is 2.75. The molecule has 1 N–H and O–H groups in total. The Morgan fingerprint density at radius 3 is 2.08 bits per heavy atom. The van der Waals surface area contributed by atoms with E-state index in [1.54, 1.807) is 0 Å². The summed E-state index contributed by atoms with van der Waals surface area (Å²) in [5.74, 6) is 0.0929. The van der Waals surface area contributed by atoms with Crippen molar-refractivity contribution in [3.63, 3.8) is 0 Å². The molecule has 3 aromatic rings. The summed E-state index contributed by atoms with van der Waals surface area (Å²) < 4.78 is 0. The van der Waals surface area contributed by atoms with E-state index in [0.717, 1.165) is 11.1 Å². The highest BCUT2D eigenvalue weighted by atomic mass is 16.1. The minimum absolute atomic E-state index is 0.0929. The SMILES string of the molecule is Cc1ccccc1CNC(C(=O)c1ccccc1)c1ccccc1. The molecule has 0 aliphatic carbocycles. The molecular weight excluding hydrogens is 294 g/mol. The number of hydrogen-bond donors (Lipinski definition) is 1. The van der Waals surface area contributed by atoms with Crippen LogP contribution in [-0.4, -0.2) is 5.78 Å². The lowest BCUT2D eigenvalue weighted by molar-refractivity contribution is 0.0942. The van der Waals surface area contributed by atoms with Gasteiger partial charge in [-0.2, -0.15) is 0 Å². The molecule has 3 rings (SSSR count). The van der Waals surface area contributed by atoms with Crippen LogP contribution in [0.1, 0.15) is 33.1 Å². The van der Waals surface area contributed by atoms with Gasteiger partial charge in [0, 0.05) is 12.1 Å². The second kappa shape index (κ2) is 7.71. The predicted octanol–water partition coefficient (Wildman–Crippen LogP) is 4.71. The second-order valence-corrected chi connectivity index (χ2v) is 5.88. The summed E-state index contributed by atoms with van der Waals surface area (Å²) >= 11 is 0. The summed E-state index contributed by atoms with van der Waals surface area (Å²) in [6.07, 6.45) is 0. The molecule has 24 heavy (non-hydrogen) atoms. The Kier molecular flexibility index (Phi) is 5.19. The first-order chi connectivity index (χ1) is 11.8. The van der Waals surface area contributed by atoms with Gasteiger partial charge < -0.3 is 0 Å². The monoisotopic (exact) mass is 315 g/mol. The third-order valence-corrected chi connectivity index (χ3v) is 4.21. The third-order valence-electron chi connectivity index (χ3n) is 4.21. The maximum Gasteiger partial charge on any atom is 0.184 e. The fraction of sp³-hybridized carbons (Fsp3) is 0.136. The van der Waals surface area contributed by atoms with E-state index in [1.165, 1.54) is 11.1 Å². The van der Waals surface area contributed by atoms with E-state index < -0.39 is 0 Å². The number of carbonyl (C=O) groups is 1. The topological polar surface area (TPSA) is 29.1 Å². The minimum Gasteiger partial charge on any atom is -0.299 e. The van der Waals surface area contributed by atoms with Crippen LogP contribution in [0.25, 0.3) is 0 Å². The smallest absolute Gasteiger partial charge is 0.184 e. The van der Waals surface area contributed by atoms with Crippen LogP contribution in [0, 0.1) is 6.92 Å². The van der Waals surface area contributed by atoms with Crippen molar-refractivity contribution in [2.24, 2.45) is 0 Å². The summed E-state index contributed by atoms with van der Waals surface area (Å²) in [5, 5.41) is 3.44. The molecule has 0 aromatic heterocycles. The van der Waals surface area contributed by atoms with Crippen molar-refractivity contribution in [1.29, 1.82) is 0 Å². The summed E-state index contributed by atoms with van der Waals surface area (Å²) in [6, 6.07) is 27.2. The molecule has 0 aliphatic rings. The molecule has 1 unspecified atom stereocenters. The van der Waals surface area contributed by atoms with E-state index in [-0.39, 0.29) is 11.8 Å². The van der Waals surface area contributed by atoms with Gasteiger partial charge in [-0.25, -0.2) is 0 Å². The van der Waals surface area contributed by atoms with Gasteiger partial charge in [0.1, 0.15) is 0 Å². The van der Waals surface area contributed by atoms with E-state index in [4.69, 9.17) is 0 Å². The van der Waals surface area contributed by atoms with Crippen LogP contribution >= 0.6 is 0 Å². The minimum atomic E-state index is -0.354. The number of ketones is 1. The molecular formula is C22H21NO. The molecule has 0 heterocycles. The number of Topliss-reactive ketones (excluding diaryl/α,β-unsaturated/α-hetero) is 1. The molecule has 0 saturated heterocycles. The average Bonchev–Trinajstić information content (AvgIpc) is 2.65. The number of hydrogen-bond acceptors (Lipinski definition) is 2. The molecule has 1 atom stereocenters. The molecule has 120 valence electrons. The van der Waals surface area contributed by atoms with E-state index in [2.05, 4.69) is 24.4 Å². The molecule has 0 saturated carbocycles. The highest BCUT2D eigenvalue weighted by Crippen LogP contribution is 2.20. The summed E-state index contributed by atoms with van der Waals surface area (Å²) in [7, 11) is 0. The molecule has 0 spiro atoms. The lowest BCUT2D eigenvalue weighted by Crippen LogP contribution is -2.28. The Labute approximate surface area is 143 Å². The zero-order valence-electron chi connectivity index (χ0n) is 13.8. The molecule has 0 fully saturated rings. The predicted molar refractivity (Wildman–Crippen MR) is 98.0 cm³/mol. The van der Waals surface area contributed by atoms with Crippen LogP contribution in [0.15, 0.2) is 84.9 Å². The molecule has 0 radical (unpaired) electrons. The lowest BCUT2D eigenvalue weighted by atomic mass is 9.97. The van der Waals surface area contributed by atoms with Crippen LogP contribution in [0.2, 0.25) is 0 Å². The first kappa shape index (κ1) is 16.2. The fourth-order valence-corrected chi connectivity index (χ4v) is 2.80. The number of carbonyl (C=O) groups excluding carboxylic acids is 1. The van der Waals surface area contributed by atoms with Gasteiger partial charge in [0.05, 0.1) is 6.04 Å². The first-order valence-corrected chi connectivity index (χ1v) is 8.18. The fourth-order valence-electron chi connectivity index (χ4n) is 2.80. The standard InChI is InChI=1S/C22H21NO/c1-17-10-8-9-15-20(17)16-23-21(18-11-4-2-5-12-18)22(24)19-13-6-3-7-14-19/h2-15,21,23H,16H2,1H3. The maximum absolute atomic E-state index is 13.0. The van der Waals surface area contributed by atoms with E-state index in [1.807, 2.05) is 72.8 Å². The van der Waals surface area contributed by atoms with E-state index in [9.17, 15) is 4.79 Å². The van der Waals surface area contributed by atoms with Crippen molar-refractivity contribution < 1.29 is 4.79 Å². The molecule has 2 nitrogen and oxygen atoms in total. The third kappa shape index (κ3) is 3.79. The second-order valence-electron chi connectivity index (χ2n) is 5.88. The quantitative estimate of drug-likeness (QED) is 0.668. The number of benzene rings is 3. The van der Waals surface area contributed by atoms with Crippen molar-refractivity contribution in [2.75, 3.05) is 0 Å². The highest BCUT2D eigenvalue weighted by molar-refractivity contribution is 6.00. The molecule has 2 heteroatoms. The van der Waals surface area contributed by atoms with Gasteiger partial charge in [0.2, 0.25) is 0 Å². The Bertz CT molecular complexity index is 796. The lowest BCUT2D eigenvalue weighted by Gasteiger charge is -2.19. The van der Waals surface area contributed by atoms with Crippen LogP contribution in [0.5, 0.6) is 0 Å². The van der Waals surface area contributed by atoms with E-state index >= 15 is 0 Å². The number of rotatable bonds is 6. The van der Waals surface area contributed by atoms with Crippen LogP contribution in [0.4, 0.5) is 0 Å². The Morgan fingerprint density at radius 1 is 0.833 bits per heavy atom. The largest absolute Gasteiger partial charge is 0.299 e. The van der Waals surface area contributed by atoms with Crippen molar-refractivity contribution in [1.82, 2.24) is 5.32 Å². The van der Waals surface area contributed by atoms with Gasteiger partial charge in [-0.15, -0.1) is 0 Å². The molecule has 0 bridgehead atoms. The van der Waals surface area contributed by atoms with Gasteiger partial charge in [0.15, 0.2) is 5.78 Å². The van der Waals surface area contributed by atoms with Crippen molar-refractivity contribution in [3.05, 3.63) is 107 Å². The number of nitrogens with one attached hydrogen (secondary N) is 1. The molecule has 0 aliphatic heterocycles. The zero-order valence-corrected chi connectivity index (χ0v) is 13.8. The van der Waals surface area contributed by atoms with Gasteiger partial charge in [0.25, 0.3) is 0 Å². The Balaban J connectivity index is 1.86.